The first-order chi connectivity index (χ1) is 11.4. The molecule has 5 nitrogen and oxygen atoms in total. The fourth-order valence-corrected chi connectivity index (χ4v) is 2.75. The zero-order valence-electron chi connectivity index (χ0n) is 12.1. The minimum atomic E-state index is -4.51. The average molecular weight is 356 g/mol. The van der Waals surface area contributed by atoms with E-state index in [-0.39, 0.29) is 18.0 Å². The van der Waals surface area contributed by atoms with Crippen molar-refractivity contribution >= 4 is 17.2 Å². The SMILES string of the molecule is O=C(c1cc(-c2ccco2)on1)N(Cc1ccsc1)CC(F)(F)F. The maximum atomic E-state index is 12.8. The first-order valence-corrected chi connectivity index (χ1v) is 7.74. The Bertz CT molecular complexity index is 794. The summed E-state index contributed by atoms with van der Waals surface area (Å²) in [5.41, 5.74) is 0.410. The van der Waals surface area contributed by atoms with Crippen LogP contribution >= 0.6 is 11.3 Å². The number of hydrogen-bond donors (Lipinski definition) is 0. The van der Waals surface area contributed by atoms with Gasteiger partial charge >= 0.3 is 6.18 Å². The number of furan rings is 1. The molecule has 3 rings (SSSR count). The Kier molecular flexibility index (Phi) is 4.43. The second-order valence-electron chi connectivity index (χ2n) is 4.96. The molecule has 24 heavy (non-hydrogen) atoms. The number of hydrogen-bond acceptors (Lipinski definition) is 5. The molecule has 0 N–H and O–H groups in total. The van der Waals surface area contributed by atoms with Crippen molar-refractivity contribution in [3.05, 3.63) is 52.5 Å². The largest absolute Gasteiger partial charge is 0.461 e. The lowest BCUT2D eigenvalue weighted by Crippen LogP contribution is -2.38. The first kappa shape index (κ1) is 16.3. The summed E-state index contributed by atoms with van der Waals surface area (Å²) in [7, 11) is 0. The van der Waals surface area contributed by atoms with Crippen LogP contribution in [0.4, 0.5) is 13.2 Å². The Labute approximate surface area is 138 Å². The van der Waals surface area contributed by atoms with E-state index in [9.17, 15) is 18.0 Å². The summed E-state index contributed by atoms with van der Waals surface area (Å²) in [6.45, 7) is -1.53. The van der Waals surface area contributed by atoms with E-state index in [1.54, 1.807) is 29.0 Å². The highest BCUT2D eigenvalue weighted by molar-refractivity contribution is 7.07. The van der Waals surface area contributed by atoms with Crippen molar-refractivity contribution in [1.29, 1.82) is 0 Å². The normalized spacial score (nSPS) is 11.6. The Morgan fingerprint density at radius 3 is 2.75 bits per heavy atom. The van der Waals surface area contributed by atoms with Crippen molar-refractivity contribution in [2.45, 2.75) is 12.7 Å². The third-order valence-corrected chi connectivity index (χ3v) is 3.84. The highest BCUT2D eigenvalue weighted by Gasteiger charge is 2.34. The van der Waals surface area contributed by atoms with Gasteiger partial charge in [-0.15, -0.1) is 0 Å². The molecule has 3 aromatic heterocycles. The number of thiophene rings is 1. The van der Waals surface area contributed by atoms with Crippen molar-refractivity contribution in [2.75, 3.05) is 6.54 Å². The van der Waals surface area contributed by atoms with Crippen LogP contribution in [-0.4, -0.2) is 28.7 Å². The second-order valence-corrected chi connectivity index (χ2v) is 5.74. The van der Waals surface area contributed by atoms with Crippen molar-refractivity contribution in [3.8, 4) is 11.5 Å². The van der Waals surface area contributed by atoms with Crippen LogP contribution in [0.1, 0.15) is 16.1 Å². The molecule has 3 aromatic rings. The summed E-state index contributed by atoms with van der Waals surface area (Å²) in [6, 6.07) is 6.13. The molecular weight excluding hydrogens is 345 g/mol. The monoisotopic (exact) mass is 356 g/mol. The van der Waals surface area contributed by atoms with Gasteiger partial charge in [0.2, 0.25) is 5.76 Å². The second kappa shape index (κ2) is 6.52. The number of carbonyl (C=O) groups is 1. The van der Waals surface area contributed by atoms with Crippen LogP contribution in [0.15, 0.2) is 50.2 Å². The molecule has 0 fully saturated rings. The summed E-state index contributed by atoms with van der Waals surface area (Å²) in [4.78, 5) is 13.1. The molecule has 0 aliphatic carbocycles. The van der Waals surface area contributed by atoms with Gasteiger partial charge in [0.25, 0.3) is 5.91 Å². The summed E-state index contributed by atoms with van der Waals surface area (Å²) in [6.07, 6.45) is -3.11. The lowest BCUT2D eigenvalue weighted by atomic mass is 10.2. The zero-order chi connectivity index (χ0) is 17.2. The highest BCUT2D eigenvalue weighted by Crippen LogP contribution is 2.24. The Morgan fingerprint density at radius 2 is 2.12 bits per heavy atom. The Balaban J connectivity index is 1.82. The van der Waals surface area contributed by atoms with Gasteiger partial charge in [0.1, 0.15) is 6.54 Å². The van der Waals surface area contributed by atoms with E-state index < -0.39 is 18.6 Å². The number of amides is 1. The third kappa shape index (κ3) is 3.85. The summed E-state index contributed by atoms with van der Waals surface area (Å²) < 4.78 is 48.4. The number of rotatable bonds is 5. The lowest BCUT2D eigenvalue weighted by molar-refractivity contribution is -0.141. The van der Waals surface area contributed by atoms with Crippen molar-refractivity contribution in [2.24, 2.45) is 0 Å². The van der Waals surface area contributed by atoms with Gasteiger partial charge in [0.15, 0.2) is 11.5 Å². The fraction of sp³-hybridized carbons (Fsp3) is 0.200. The molecular formula is C15H11F3N2O3S. The Morgan fingerprint density at radius 1 is 1.29 bits per heavy atom. The van der Waals surface area contributed by atoms with Gasteiger partial charge < -0.3 is 13.8 Å². The van der Waals surface area contributed by atoms with E-state index in [2.05, 4.69) is 5.16 Å². The fourth-order valence-electron chi connectivity index (χ4n) is 2.09. The van der Waals surface area contributed by atoms with E-state index >= 15 is 0 Å². The van der Waals surface area contributed by atoms with Gasteiger partial charge in [-0.25, -0.2) is 0 Å². The van der Waals surface area contributed by atoms with Crippen molar-refractivity contribution < 1.29 is 26.9 Å². The minimum absolute atomic E-state index is 0.162. The van der Waals surface area contributed by atoms with Gasteiger partial charge in [0.05, 0.1) is 6.26 Å². The van der Waals surface area contributed by atoms with Gasteiger partial charge in [-0.2, -0.15) is 24.5 Å². The molecule has 0 saturated heterocycles. The minimum Gasteiger partial charge on any atom is -0.461 e. The van der Waals surface area contributed by atoms with Crippen LogP contribution in [0.5, 0.6) is 0 Å². The molecule has 0 aromatic carbocycles. The molecule has 0 spiro atoms. The van der Waals surface area contributed by atoms with Gasteiger partial charge in [-0.05, 0) is 34.5 Å². The Hall–Kier alpha value is -2.55. The van der Waals surface area contributed by atoms with Gasteiger partial charge in [0, 0.05) is 12.6 Å². The smallest absolute Gasteiger partial charge is 0.406 e. The van der Waals surface area contributed by atoms with Gasteiger partial charge in [-0.1, -0.05) is 5.16 Å². The molecule has 0 bridgehead atoms. The zero-order valence-corrected chi connectivity index (χ0v) is 12.9. The maximum absolute atomic E-state index is 12.8. The number of nitrogens with zero attached hydrogens (tertiary/aromatic N) is 2. The van der Waals surface area contributed by atoms with Crippen molar-refractivity contribution in [3.63, 3.8) is 0 Å². The van der Waals surface area contributed by atoms with Crippen LogP contribution in [-0.2, 0) is 6.54 Å². The molecule has 126 valence electrons. The van der Waals surface area contributed by atoms with E-state index in [1.807, 2.05) is 0 Å². The summed E-state index contributed by atoms with van der Waals surface area (Å²) in [5, 5.41) is 6.98. The number of halogens is 3. The van der Waals surface area contributed by atoms with Crippen LogP contribution < -0.4 is 0 Å². The number of carbonyl (C=O) groups excluding carboxylic acids is 1. The van der Waals surface area contributed by atoms with E-state index in [0.29, 0.717) is 16.2 Å². The predicted molar refractivity (Wildman–Crippen MR) is 79.3 cm³/mol. The molecule has 3 heterocycles. The number of alkyl halides is 3. The predicted octanol–water partition coefficient (Wildman–Crippen LogP) is 4.20. The molecule has 0 unspecified atom stereocenters. The summed E-state index contributed by atoms with van der Waals surface area (Å²) in [5.74, 6) is -0.354. The van der Waals surface area contributed by atoms with E-state index in [4.69, 9.17) is 8.94 Å². The van der Waals surface area contributed by atoms with E-state index in [0.717, 1.165) is 0 Å². The average Bonchev–Trinajstić information content (AvgIpc) is 3.25. The lowest BCUT2D eigenvalue weighted by Gasteiger charge is -2.22. The highest BCUT2D eigenvalue weighted by atomic mass is 32.1. The molecule has 1 amide bonds. The van der Waals surface area contributed by atoms with Gasteiger partial charge in [-0.3, -0.25) is 4.79 Å². The van der Waals surface area contributed by atoms with Crippen LogP contribution in [0.3, 0.4) is 0 Å². The topological polar surface area (TPSA) is 59.5 Å². The van der Waals surface area contributed by atoms with Crippen LogP contribution in [0.25, 0.3) is 11.5 Å². The molecule has 0 aliphatic heterocycles. The molecule has 9 heteroatoms. The van der Waals surface area contributed by atoms with Crippen molar-refractivity contribution in [1.82, 2.24) is 10.1 Å². The summed E-state index contributed by atoms with van der Waals surface area (Å²) >= 11 is 1.34. The molecule has 0 aliphatic rings. The number of aromatic nitrogens is 1. The first-order valence-electron chi connectivity index (χ1n) is 6.80. The maximum Gasteiger partial charge on any atom is 0.406 e. The third-order valence-electron chi connectivity index (χ3n) is 3.10. The standard InChI is InChI=1S/C15H11F3N2O3S/c16-15(17,18)9-20(7-10-3-5-24-8-10)14(21)11-6-13(23-19-11)12-2-1-4-22-12/h1-6,8H,7,9H2. The molecule has 0 radical (unpaired) electrons. The van der Waals surface area contributed by atoms with Crippen LogP contribution in [0.2, 0.25) is 0 Å². The molecule has 0 saturated carbocycles. The molecule has 0 atom stereocenters. The van der Waals surface area contributed by atoms with E-state index in [1.165, 1.54) is 23.7 Å². The quantitative estimate of drug-likeness (QED) is 0.687. The van der Waals surface area contributed by atoms with Crippen LogP contribution in [0, 0.1) is 0 Å².